The maximum Gasteiger partial charge on any atom is 0.375 e. The van der Waals surface area contributed by atoms with Crippen LogP contribution in [0.1, 0.15) is 36.2 Å². The third-order valence-electron chi connectivity index (χ3n) is 2.49. The van der Waals surface area contributed by atoms with E-state index in [-0.39, 0.29) is 11.2 Å². The van der Waals surface area contributed by atoms with E-state index in [1.54, 1.807) is 11.7 Å². The first-order chi connectivity index (χ1) is 6.03. The first-order valence-electron chi connectivity index (χ1n) is 4.18. The molecular weight excluding hydrogens is 170 g/mol. The molecule has 2 rings (SSSR count). The van der Waals surface area contributed by atoms with E-state index in [1.807, 2.05) is 0 Å². The maximum absolute atomic E-state index is 10.6. The molecule has 1 heterocycles. The van der Waals surface area contributed by atoms with E-state index in [2.05, 4.69) is 17.0 Å². The van der Waals surface area contributed by atoms with Gasteiger partial charge in [-0.15, -0.1) is 5.10 Å². The largest absolute Gasteiger partial charge is 0.475 e. The Bertz CT molecular complexity index is 365. The highest BCUT2D eigenvalue weighted by molar-refractivity contribution is 5.82. The lowest BCUT2D eigenvalue weighted by atomic mass is 10.1. The molecule has 1 N–H and O–H groups in total. The number of carbonyl (C=O) groups is 1. The van der Waals surface area contributed by atoms with Crippen LogP contribution in [-0.4, -0.2) is 25.8 Å². The van der Waals surface area contributed by atoms with Gasteiger partial charge in [0.05, 0.1) is 0 Å². The molecule has 1 saturated carbocycles. The van der Waals surface area contributed by atoms with Crippen LogP contribution in [0.15, 0.2) is 0 Å². The molecular formula is C8H11N3O2. The molecule has 1 aromatic rings. The highest BCUT2D eigenvalue weighted by Gasteiger charge is 2.43. The molecule has 0 atom stereocenters. The van der Waals surface area contributed by atoms with Gasteiger partial charge in [0.25, 0.3) is 5.82 Å². The van der Waals surface area contributed by atoms with Crippen LogP contribution < -0.4 is 0 Å². The van der Waals surface area contributed by atoms with E-state index in [0.29, 0.717) is 0 Å². The van der Waals surface area contributed by atoms with Crippen molar-refractivity contribution in [2.45, 2.75) is 25.2 Å². The van der Waals surface area contributed by atoms with Crippen molar-refractivity contribution in [1.82, 2.24) is 14.8 Å². The highest BCUT2D eigenvalue weighted by Crippen LogP contribution is 2.46. The third kappa shape index (κ3) is 1.20. The summed E-state index contributed by atoms with van der Waals surface area (Å²) in [7, 11) is 1.73. The predicted octanol–water partition coefficient (Wildman–Crippen LogP) is 0.565. The lowest BCUT2D eigenvalue weighted by Gasteiger charge is -2.04. The molecule has 70 valence electrons. The van der Waals surface area contributed by atoms with Gasteiger partial charge in [0, 0.05) is 12.5 Å². The second kappa shape index (κ2) is 2.31. The number of hydrogen-bond acceptors (Lipinski definition) is 3. The van der Waals surface area contributed by atoms with Gasteiger partial charge in [-0.1, -0.05) is 6.92 Å². The fraction of sp³-hybridized carbons (Fsp3) is 0.625. The summed E-state index contributed by atoms with van der Waals surface area (Å²) in [5, 5.41) is 12.5. The average Bonchev–Trinajstić information content (AvgIpc) is 2.63. The number of rotatable bonds is 2. The summed E-state index contributed by atoms with van der Waals surface area (Å²) in [6.07, 6.45) is 2.14. The van der Waals surface area contributed by atoms with E-state index in [0.717, 1.165) is 18.7 Å². The minimum Gasteiger partial charge on any atom is -0.475 e. The van der Waals surface area contributed by atoms with E-state index >= 15 is 0 Å². The number of carboxylic acid groups (broad SMARTS) is 1. The molecule has 0 spiro atoms. The van der Waals surface area contributed by atoms with Crippen LogP contribution in [-0.2, 0) is 12.5 Å². The monoisotopic (exact) mass is 181 g/mol. The van der Waals surface area contributed by atoms with Crippen LogP contribution in [0.2, 0.25) is 0 Å². The van der Waals surface area contributed by atoms with Gasteiger partial charge in [0.2, 0.25) is 0 Å². The van der Waals surface area contributed by atoms with Crippen LogP contribution in [0.4, 0.5) is 0 Å². The first kappa shape index (κ1) is 8.22. The molecule has 0 aliphatic heterocycles. The van der Waals surface area contributed by atoms with Gasteiger partial charge in [0.1, 0.15) is 5.82 Å². The molecule has 1 aliphatic rings. The Hall–Kier alpha value is -1.39. The summed E-state index contributed by atoms with van der Waals surface area (Å²) in [6.45, 7) is 2.07. The molecule has 13 heavy (non-hydrogen) atoms. The Morgan fingerprint density at radius 1 is 1.62 bits per heavy atom. The molecule has 5 heteroatoms. The Morgan fingerprint density at radius 2 is 2.23 bits per heavy atom. The van der Waals surface area contributed by atoms with Crippen LogP contribution in [0.5, 0.6) is 0 Å². The molecule has 5 nitrogen and oxygen atoms in total. The summed E-state index contributed by atoms with van der Waals surface area (Å²) < 4.78 is 1.57. The minimum absolute atomic E-state index is 0.0649. The van der Waals surface area contributed by atoms with Gasteiger partial charge in [-0.25, -0.2) is 9.78 Å². The minimum atomic E-state index is -1.06. The maximum atomic E-state index is 10.6. The quantitative estimate of drug-likeness (QED) is 0.724. The molecule has 0 bridgehead atoms. The molecule has 0 amide bonds. The first-order valence-corrected chi connectivity index (χ1v) is 4.18. The zero-order valence-electron chi connectivity index (χ0n) is 7.61. The zero-order valence-corrected chi connectivity index (χ0v) is 7.61. The van der Waals surface area contributed by atoms with Crippen molar-refractivity contribution in [3.8, 4) is 0 Å². The van der Waals surface area contributed by atoms with E-state index in [1.165, 1.54) is 0 Å². The van der Waals surface area contributed by atoms with Gasteiger partial charge in [-0.2, -0.15) is 0 Å². The summed E-state index contributed by atoms with van der Waals surface area (Å²) in [5.41, 5.74) is 0.0649. The summed E-state index contributed by atoms with van der Waals surface area (Å²) in [6, 6.07) is 0. The number of aryl methyl sites for hydroxylation is 1. The van der Waals surface area contributed by atoms with Crippen LogP contribution in [0.25, 0.3) is 0 Å². The lowest BCUT2D eigenvalue weighted by molar-refractivity contribution is 0.0683. The number of aromatic carboxylic acids is 1. The molecule has 0 saturated heterocycles. The molecule has 0 aromatic carbocycles. The predicted molar refractivity (Wildman–Crippen MR) is 44.5 cm³/mol. The molecule has 0 unspecified atom stereocenters. The van der Waals surface area contributed by atoms with E-state index < -0.39 is 5.97 Å². The molecule has 0 radical (unpaired) electrons. The molecule has 1 fully saturated rings. The van der Waals surface area contributed by atoms with Gasteiger partial charge in [-0.05, 0) is 12.8 Å². The second-order valence-corrected chi connectivity index (χ2v) is 3.75. The second-order valence-electron chi connectivity index (χ2n) is 3.75. The van der Waals surface area contributed by atoms with Crippen molar-refractivity contribution in [3.63, 3.8) is 0 Å². The van der Waals surface area contributed by atoms with Gasteiger partial charge in [0.15, 0.2) is 0 Å². The average molecular weight is 181 g/mol. The Kier molecular flexibility index (Phi) is 1.46. The lowest BCUT2D eigenvalue weighted by Crippen LogP contribution is -2.09. The fourth-order valence-corrected chi connectivity index (χ4v) is 1.41. The number of carboxylic acids is 1. The van der Waals surface area contributed by atoms with Crippen molar-refractivity contribution in [2.24, 2.45) is 7.05 Å². The number of aromatic nitrogens is 3. The van der Waals surface area contributed by atoms with Gasteiger partial charge in [-0.3, -0.25) is 4.68 Å². The van der Waals surface area contributed by atoms with E-state index in [9.17, 15) is 4.79 Å². The molecule has 1 aliphatic carbocycles. The van der Waals surface area contributed by atoms with Gasteiger partial charge < -0.3 is 5.11 Å². The Balaban J connectivity index is 2.42. The van der Waals surface area contributed by atoms with E-state index in [4.69, 9.17) is 5.11 Å². The Labute approximate surface area is 75.4 Å². The van der Waals surface area contributed by atoms with Crippen LogP contribution in [0, 0.1) is 0 Å². The van der Waals surface area contributed by atoms with Crippen molar-refractivity contribution in [1.29, 1.82) is 0 Å². The summed E-state index contributed by atoms with van der Waals surface area (Å²) in [4.78, 5) is 14.6. The van der Waals surface area contributed by atoms with Crippen molar-refractivity contribution >= 4 is 5.97 Å². The number of nitrogens with zero attached hydrogens (tertiary/aromatic N) is 3. The van der Waals surface area contributed by atoms with Crippen molar-refractivity contribution < 1.29 is 9.90 Å². The van der Waals surface area contributed by atoms with Crippen LogP contribution >= 0.6 is 0 Å². The normalized spacial score (nSPS) is 18.6. The smallest absolute Gasteiger partial charge is 0.375 e. The standard InChI is InChI=1S/C8H11N3O2/c1-8(3-4-8)7-9-5(6(12)13)10-11(7)2/h3-4H2,1-2H3,(H,12,13). The summed E-state index contributed by atoms with van der Waals surface area (Å²) >= 11 is 0. The summed E-state index contributed by atoms with van der Waals surface area (Å²) in [5.74, 6) is -0.387. The van der Waals surface area contributed by atoms with Crippen LogP contribution in [0.3, 0.4) is 0 Å². The van der Waals surface area contributed by atoms with Gasteiger partial charge >= 0.3 is 5.97 Å². The van der Waals surface area contributed by atoms with Crippen molar-refractivity contribution in [3.05, 3.63) is 11.6 Å². The third-order valence-corrected chi connectivity index (χ3v) is 2.49. The Morgan fingerprint density at radius 3 is 2.62 bits per heavy atom. The topological polar surface area (TPSA) is 68.0 Å². The fourth-order valence-electron chi connectivity index (χ4n) is 1.41. The van der Waals surface area contributed by atoms with Crippen molar-refractivity contribution in [2.75, 3.05) is 0 Å². The zero-order chi connectivity index (χ0) is 9.64. The highest BCUT2D eigenvalue weighted by atomic mass is 16.4. The SMILES string of the molecule is Cn1nc(C(=O)O)nc1C1(C)CC1. The molecule has 1 aromatic heterocycles. The number of hydrogen-bond donors (Lipinski definition) is 1.